The molecule has 6 heterocycles. The summed E-state index contributed by atoms with van der Waals surface area (Å²) in [6.07, 6.45) is 10.8. The number of likely N-dealkylation sites (tertiary alicyclic amines) is 2. The molecule has 6 aromatic rings. The van der Waals surface area contributed by atoms with Gasteiger partial charge in [-0.05, 0) is 116 Å². The molecule has 0 radical (unpaired) electrons. The Morgan fingerprint density at radius 3 is 1.71 bits per heavy atom. The van der Waals surface area contributed by atoms with Crippen molar-refractivity contribution in [1.82, 2.24) is 29.7 Å². The zero-order valence-electron chi connectivity index (χ0n) is 28.2. The molecule has 4 aromatic heterocycles. The molecular formula is C40H42N8O. The molecule has 0 amide bonds. The Bertz CT molecular complexity index is 2140. The van der Waals surface area contributed by atoms with Gasteiger partial charge in [-0.25, -0.2) is 9.97 Å². The first-order valence-electron chi connectivity index (χ1n) is 17.3. The minimum absolute atomic E-state index is 0.230. The first-order chi connectivity index (χ1) is 24.0. The fourth-order valence-corrected chi connectivity index (χ4v) is 7.36. The van der Waals surface area contributed by atoms with Crippen LogP contribution in [0.15, 0.2) is 85.5 Å². The molecule has 2 fully saturated rings. The van der Waals surface area contributed by atoms with Crippen LogP contribution < -0.4 is 10.6 Å². The van der Waals surface area contributed by atoms with Crippen molar-refractivity contribution in [3.8, 4) is 11.1 Å². The molecule has 0 aliphatic carbocycles. The van der Waals surface area contributed by atoms with E-state index in [2.05, 4.69) is 87.8 Å². The van der Waals surface area contributed by atoms with E-state index in [1.807, 2.05) is 36.9 Å². The molecule has 1 atom stereocenters. The van der Waals surface area contributed by atoms with E-state index >= 15 is 0 Å². The number of aliphatic hydroxyl groups is 1. The van der Waals surface area contributed by atoms with Gasteiger partial charge in [0.15, 0.2) is 11.6 Å². The summed E-state index contributed by atoms with van der Waals surface area (Å²) in [5, 5.41) is 19.3. The Balaban J connectivity index is 1.04. The fourth-order valence-electron chi connectivity index (χ4n) is 7.36. The maximum atomic E-state index is 9.92. The number of aliphatic hydroxyl groups excluding tert-OH is 1. The van der Waals surface area contributed by atoms with Crippen molar-refractivity contribution in [2.24, 2.45) is 0 Å². The molecular weight excluding hydrogens is 608 g/mol. The Kier molecular flexibility index (Phi) is 8.63. The standard InChI is InChI=1S/C40H42N8O/c1-26-33(7-5-9-35(26)45-39-37-30(11-14-41-39)19-28(21-43-37)23-47-16-3-4-17-47)34-8-6-10-36(27(34)2)46-40-38-31(12-15-42-40)20-29(22-44-38)24-48-18-13-32(49)25-48/h5-12,14-15,19-22,32,49H,3-4,13,16-18,23-25H2,1-2H3,(H,41,45)(H,42,46). The number of pyridine rings is 4. The maximum Gasteiger partial charge on any atom is 0.156 e. The van der Waals surface area contributed by atoms with Crippen molar-refractivity contribution in [2.75, 3.05) is 36.8 Å². The minimum atomic E-state index is -0.230. The topological polar surface area (TPSA) is 102 Å². The molecule has 248 valence electrons. The van der Waals surface area contributed by atoms with Gasteiger partial charge < -0.3 is 15.7 Å². The SMILES string of the molecule is Cc1c(Nc2nccc3cc(CN4CCCC4)cnc23)cccc1-c1cccc(Nc2nccc3cc(CN4CCC(O)C4)cnc23)c1C. The summed E-state index contributed by atoms with van der Waals surface area (Å²) in [4.78, 5) is 23.8. The molecule has 0 saturated carbocycles. The average Bonchev–Trinajstić information content (AvgIpc) is 3.78. The van der Waals surface area contributed by atoms with Crippen LogP contribution in [0.3, 0.4) is 0 Å². The van der Waals surface area contributed by atoms with Crippen LogP contribution in [-0.2, 0) is 13.1 Å². The van der Waals surface area contributed by atoms with Gasteiger partial charge in [0.2, 0.25) is 0 Å². The van der Waals surface area contributed by atoms with E-state index in [0.717, 1.165) is 98.7 Å². The highest BCUT2D eigenvalue weighted by Gasteiger charge is 2.21. The lowest BCUT2D eigenvalue weighted by molar-refractivity contribution is 0.175. The number of benzene rings is 2. The number of hydrogen-bond acceptors (Lipinski definition) is 9. The predicted octanol–water partition coefficient (Wildman–Crippen LogP) is 7.51. The van der Waals surface area contributed by atoms with E-state index in [4.69, 9.17) is 15.0 Å². The largest absolute Gasteiger partial charge is 0.392 e. The monoisotopic (exact) mass is 650 g/mol. The van der Waals surface area contributed by atoms with Crippen LogP contribution in [0.5, 0.6) is 0 Å². The summed E-state index contributed by atoms with van der Waals surface area (Å²) < 4.78 is 0. The van der Waals surface area contributed by atoms with Gasteiger partial charge in [0.1, 0.15) is 11.0 Å². The quantitative estimate of drug-likeness (QED) is 0.147. The van der Waals surface area contributed by atoms with Crippen LogP contribution >= 0.6 is 0 Å². The average molecular weight is 651 g/mol. The van der Waals surface area contributed by atoms with Gasteiger partial charge >= 0.3 is 0 Å². The summed E-state index contributed by atoms with van der Waals surface area (Å²) in [7, 11) is 0. The number of fused-ring (bicyclic) bond motifs is 2. The second kappa shape index (κ2) is 13.5. The van der Waals surface area contributed by atoms with Crippen molar-refractivity contribution < 1.29 is 5.11 Å². The highest BCUT2D eigenvalue weighted by atomic mass is 16.3. The number of anilines is 4. The zero-order chi connectivity index (χ0) is 33.3. The number of nitrogens with zero attached hydrogens (tertiary/aromatic N) is 6. The Morgan fingerprint density at radius 2 is 1.20 bits per heavy atom. The Morgan fingerprint density at radius 1 is 0.673 bits per heavy atom. The molecule has 1 unspecified atom stereocenters. The van der Waals surface area contributed by atoms with Crippen LogP contribution in [0.1, 0.15) is 41.5 Å². The van der Waals surface area contributed by atoms with Crippen LogP contribution in [-0.4, -0.2) is 67.1 Å². The van der Waals surface area contributed by atoms with Gasteiger partial charge in [-0.2, -0.15) is 0 Å². The summed E-state index contributed by atoms with van der Waals surface area (Å²) >= 11 is 0. The molecule has 49 heavy (non-hydrogen) atoms. The number of hydrogen-bond donors (Lipinski definition) is 3. The van der Waals surface area contributed by atoms with Gasteiger partial charge in [-0.3, -0.25) is 19.8 Å². The molecule has 0 bridgehead atoms. The molecule has 3 N–H and O–H groups in total. The maximum absolute atomic E-state index is 9.92. The van der Waals surface area contributed by atoms with Gasteiger partial charge in [0.05, 0.1) is 6.10 Å². The fraction of sp³-hybridized carbons (Fsp3) is 0.300. The normalized spacial score (nSPS) is 16.9. The molecule has 2 aliphatic rings. The summed E-state index contributed by atoms with van der Waals surface area (Å²) in [6.45, 7) is 9.99. The summed E-state index contributed by atoms with van der Waals surface area (Å²) in [5.74, 6) is 1.49. The van der Waals surface area contributed by atoms with Crippen LogP contribution in [0, 0.1) is 13.8 Å². The van der Waals surface area contributed by atoms with E-state index in [1.165, 1.54) is 31.5 Å². The second-order valence-corrected chi connectivity index (χ2v) is 13.5. The number of aromatic nitrogens is 4. The molecule has 2 aromatic carbocycles. The smallest absolute Gasteiger partial charge is 0.156 e. The van der Waals surface area contributed by atoms with Gasteiger partial charge in [0, 0.05) is 73.1 Å². The number of nitrogens with one attached hydrogen (secondary N) is 2. The lowest BCUT2D eigenvalue weighted by Gasteiger charge is -2.18. The lowest BCUT2D eigenvalue weighted by atomic mass is 9.94. The van der Waals surface area contributed by atoms with Crippen LogP contribution in [0.4, 0.5) is 23.0 Å². The molecule has 9 nitrogen and oxygen atoms in total. The molecule has 8 rings (SSSR count). The van der Waals surface area contributed by atoms with Crippen molar-refractivity contribution in [2.45, 2.75) is 52.3 Å². The highest BCUT2D eigenvalue weighted by molar-refractivity contribution is 5.92. The van der Waals surface area contributed by atoms with Crippen LogP contribution in [0.25, 0.3) is 32.9 Å². The zero-order valence-corrected chi connectivity index (χ0v) is 28.2. The van der Waals surface area contributed by atoms with E-state index in [1.54, 1.807) is 0 Å². The third-order valence-electron chi connectivity index (χ3n) is 10.0. The molecule has 2 saturated heterocycles. The molecule has 0 spiro atoms. The van der Waals surface area contributed by atoms with Gasteiger partial charge in [-0.1, -0.05) is 24.3 Å². The van der Waals surface area contributed by atoms with Crippen molar-refractivity contribution >= 4 is 44.8 Å². The van der Waals surface area contributed by atoms with E-state index in [-0.39, 0.29) is 6.10 Å². The predicted molar refractivity (Wildman–Crippen MR) is 197 cm³/mol. The molecule has 2 aliphatic heterocycles. The van der Waals surface area contributed by atoms with E-state index in [9.17, 15) is 5.11 Å². The first-order valence-corrected chi connectivity index (χ1v) is 17.3. The minimum Gasteiger partial charge on any atom is -0.392 e. The summed E-state index contributed by atoms with van der Waals surface area (Å²) in [5.41, 5.74) is 10.6. The Hall–Kier alpha value is -4.96. The number of rotatable bonds is 9. The molecule has 9 heteroatoms. The van der Waals surface area contributed by atoms with E-state index in [0.29, 0.717) is 6.54 Å². The van der Waals surface area contributed by atoms with Gasteiger partial charge in [-0.15, -0.1) is 0 Å². The summed E-state index contributed by atoms with van der Waals surface area (Å²) in [6, 6.07) is 21.2. The van der Waals surface area contributed by atoms with Crippen molar-refractivity contribution in [3.05, 3.63) is 108 Å². The van der Waals surface area contributed by atoms with Crippen molar-refractivity contribution in [1.29, 1.82) is 0 Å². The first kappa shape index (κ1) is 31.3. The Labute approximate surface area is 287 Å². The highest BCUT2D eigenvalue weighted by Crippen LogP contribution is 2.36. The van der Waals surface area contributed by atoms with Gasteiger partial charge in [0.25, 0.3) is 0 Å². The number of β-amino-alcohol motifs (C(OH)–C–C–N with tert-alkyl or cyclic N) is 1. The van der Waals surface area contributed by atoms with Crippen molar-refractivity contribution in [3.63, 3.8) is 0 Å². The van der Waals surface area contributed by atoms with Crippen LogP contribution in [0.2, 0.25) is 0 Å². The second-order valence-electron chi connectivity index (χ2n) is 13.5. The lowest BCUT2D eigenvalue weighted by Crippen LogP contribution is -2.21. The third-order valence-corrected chi connectivity index (χ3v) is 10.0. The van der Waals surface area contributed by atoms with E-state index < -0.39 is 0 Å². The third kappa shape index (κ3) is 6.57.